The number of hydrogen-bond acceptors (Lipinski definition) is 2. The van der Waals surface area contributed by atoms with E-state index in [9.17, 15) is 4.39 Å². The van der Waals surface area contributed by atoms with Crippen LogP contribution in [0.25, 0.3) is 11.1 Å². The first-order valence-electron chi connectivity index (χ1n) is 5.59. The smallest absolute Gasteiger partial charge is 0.161 e. The van der Waals surface area contributed by atoms with Crippen molar-refractivity contribution in [1.82, 2.24) is 0 Å². The first kappa shape index (κ1) is 14.3. The van der Waals surface area contributed by atoms with Crippen LogP contribution < -0.4 is 0 Å². The van der Waals surface area contributed by atoms with E-state index in [2.05, 4.69) is 0 Å². The van der Waals surface area contributed by atoms with Gasteiger partial charge in [-0.1, -0.05) is 53.0 Å². The van der Waals surface area contributed by atoms with Gasteiger partial charge in [-0.15, -0.1) is 0 Å². The van der Waals surface area contributed by atoms with Gasteiger partial charge in [0, 0.05) is 5.56 Å². The predicted octanol–water partition coefficient (Wildman–Crippen LogP) is 4.85. The van der Waals surface area contributed by atoms with Crippen LogP contribution in [0.15, 0.2) is 24.3 Å². The molecular formula is C15H7Cl2FN2. The number of hydrogen-bond donors (Lipinski definition) is 0. The second-order valence-electron chi connectivity index (χ2n) is 4.16. The van der Waals surface area contributed by atoms with Gasteiger partial charge in [-0.05, 0) is 12.5 Å². The molecule has 0 aliphatic heterocycles. The number of halogens is 3. The van der Waals surface area contributed by atoms with E-state index < -0.39 is 5.82 Å². The highest BCUT2D eigenvalue weighted by atomic mass is 35.5. The fraction of sp³-hybridized carbons (Fsp3) is 0.0667. The summed E-state index contributed by atoms with van der Waals surface area (Å²) in [6.07, 6.45) is 0. The summed E-state index contributed by atoms with van der Waals surface area (Å²) in [6, 6.07) is 10.5. The van der Waals surface area contributed by atoms with Crippen molar-refractivity contribution in [2.45, 2.75) is 6.92 Å². The normalized spacial score (nSPS) is 9.90. The fourth-order valence-electron chi connectivity index (χ4n) is 1.83. The van der Waals surface area contributed by atoms with E-state index in [1.54, 1.807) is 24.3 Å². The van der Waals surface area contributed by atoms with Crippen LogP contribution in [0, 0.1) is 35.4 Å². The number of rotatable bonds is 1. The van der Waals surface area contributed by atoms with Crippen LogP contribution in [0.3, 0.4) is 0 Å². The maximum atomic E-state index is 13.9. The molecule has 0 atom stereocenters. The lowest BCUT2D eigenvalue weighted by atomic mass is 9.98. The first-order valence-corrected chi connectivity index (χ1v) is 6.34. The summed E-state index contributed by atoms with van der Waals surface area (Å²) in [7, 11) is 0. The van der Waals surface area contributed by atoms with E-state index in [0.29, 0.717) is 11.1 Å². The molecule has 2 nitrogen and oxygen atoms in total. The summed E-state index contributed by atoms with van der Waals surface area (Å²) in [4.78, 5) is 0. The minimum absolute atomic E-state index is 0.0853. The highest BCUT2D eigenvalue weighted by molar-refractivity contribution is 6.40. The zero-order valence-corrected chi connectivity index (χ0v) is 11.8. The zero-order valence-electron chi connectivity index (χ0n) is 10.3. The summed E-state index contributed by atoms with van der Waals surface area (Å²) in [5.74, 6) is -0.985. The fourth-order valence-corrected chi connectivity index (χ4v) is 2.54. The van der Waals surface area contributed by atoms with Crippen molar-refractivity contribution in [2.75, 3.05) is 0 Å². The molecule has 0 fully saturated rings. The predicted molar refractivity (Wildman–Crippen MR) is 76.0 cm³/mol. The quantitative estimate of drug-likeness (QED) is 0.756. The molecule has 0 bridgehead atoms. The Kier molecular flexibility index (Phi) is 3.95. The second-order valence-corrected chi connectivity index (χ2v) is 4.91. The molecule has 0 heterocycles. The van der Waals surface area contributed by atoms with Crippen molar-refractivity contribution in [3.8, 4) is 23.3 Å². The SMILES string of the molecule is Cc1ccc(-c2c(Cl)c(C#N)c(F)c(C#N)c2Cl)cc1. The van der Waals surface area contributed by atoms with Crippen LogP contribution in [0.2, 0.25) is 10.0 Å². The van der Waals surface area contributed by atoms with Gasteiger partial charge in [0.15, 0.2) is 5.82 Å². The third-order valence-corrected chi connectivity index (χ3v) is 3.64. The van der Waals surface area contributed by atoms with E-state index in [0.717, 1.165) is 5.56 Å². The minimum atomic E-state index is -0.985. The number of benzene rings is 2. The van der Waals surface area contributed by atoms with E-state index in [1.807, 2.05) is 19.1 Å². The monoisotopic (exact) mass is 304 g/mol. The molecule has 0 aromatic heterocycles. The molecule has 5 heteroatoms. The molecule has 2 aromatic rings. The van der Waals surface area contributed by atoms with Gasteiger partial charge in [-0.3, -0.25) is 0 Å². The molecule has 0 unspecified atom stereocenters. The molecule has 0 N–H and O–H groups in total. The number of nitrogens with zero attached hydrogens (tertiary/aromatic N) is 2. The van der Waals surface area contributed by atoms with Gasteiger partial charge in [0.25, 0.3) is 0 Å². The van der Waals surface area contributed by atoms with E-state index >= 15 is 0 Å². The lowest BCUT2D eigenvalue weighted by molar-refractivity contribution is 0.620. The van der Waals surface area contributed by atoms with Crippen LogP contribution in [0.1, 0.15) is 16.7 Å². The van der Waals surface area contributed by atoms with Crippen LogP contribution in [-0.2, 0) is 0 Å². The largest absolute Gasteiger partial charge is 0.204 e. The molecule has 2 rings (SSSR count). The molecule has 0 spiro atoms. The zero-order chi connectivity index (χ0) is 14.9. The van der Waals surface area contributed by atoms with Crippen molar-refractivity contribution in [1.29, 1.82) is 10.5 Å². The average molecular weight is 305 g/mol. The van der Waals surface area contributed by atoms with Gasteiger partial charge >= 0.3 is 0 Å². The van der Waals surface area contributed by atoms with E-state index in [-0.39, 0.29) is 21.2 Å². The van der Waals surface area contributed by atoms with Gasteiger partial charge in [0.05, 0.1) is 10.0 Å². The molecule has 0 aliphatic rings. The van der Waals surface area contributed by atoms with E-state index in [1.165, 1.54) is 0 Å². The lowest BCUT2D eigenvalue weighted by Gasteiger charge is -2.11. The molecule has 0 saturated heterocycles. The van der Waals surface area contributed by atoms with Crippen LogP contribution >= 0.6 is 23.2 Å². The third-order valence-electron chi connectivity index (χ3n) is 2.88. The van der Waals surface area contributed by atoms with Crippen molar-refractivity contribution in [3.05, 3.63) is 56.8 Å². The summed E-state index contributed by atoms with van der Waals surface area (Å²) in [5.41, 5.74) is 1.21. The Morgan fingerprint density at radius 1 is 0.950 bits per heavy atom. The summed E-state index contributed by atoms with van der Waals surface area (Å²) < 4.78 is 13.9. The van der Waals surface area contributed by atoms with Gasteiger partial charge in [0.1, 0.15) is 23.3 Å². The Labute approximate surface area is 125 Å². The molecule has 0 saturated carbocycles. The van der Waals surface area contributed by atoms with Gasteiger partial charge in [0.2, 0.25) is 0 Å². The number of nitriles is 2. The standard InChI is InChI=1S/C15H7Cl2FN2/c1-8-2-4-9(5-3-8)12-13(16)10(6-19)15(18)11(7-20)14(12)17/h2-5H,1H3. The Balaban J connectivity index is 2.87. The average Bonchev–Trinajstić information content (AvgIpc) is 2.42. The van der Waals surface area contributed by atoms with Gasteiger partial charge in [-0.2, -0.15) is 10.5 Å². The summed E-state index contributed by atoms with van der Waals surface area (Å²) in [6.45, 7) is 1.92. The Bertz CT molecular complexity index is 727. The van der Waals surface area contributed by atoms with Crippen LogP contribution in [0.5, 0.6) is 0 Å². The molecule has 98 valence electrons. The Morgan fingerprint density at radius 2 is 1.40 bits per heavy atom. The molecule has 0 amide bonds. The topological polar surface area (TPSA) is 47.6 Å². The molecule has 0 radical (unpaired) electrons. The van der Waals surface area contributed by atoms with Crippen molar-refractivity contribution in [2.24, 2.45) is 0 Å². The van der Waals surface area contributed by atoms with Crippen molar-refractivity contribution < 1.29 is 4.39 Å². The lowest BCUT2D eigenvalue weighted by Crippen LogP contribution is -1.97. The van der Waals surface area contributed by atoms with Gasteiger partial charge < -0.3 is 0 Å². The first-order chi connectivity index (χ1) is 9.51. The molecule has 20 heavy (non-hydrogen) atoms. The van der Waals surface area contributed by atoms with E-state index in [4.69, 9.17) is 33.7 Å². The maximum Gasteiger partial charge on any atom is 0.161 e. The highest BCUT2D eigenvalue weighted by Gasteiger charge is 2.23. The number of aryl methyl sites for hydroxylation is 1. The van der Waals surface area contributed by atoms with Crippen LogP contribution in [0.4, 0.5) is 4.39 Å². The second kappa shape index (κ2) is 5.51. The maximum absolute atomic E-state index is 13.9. The molecule has 0 aliphatic carbocycles. The van der Waals surface area contributed by atoms with Crippen LogP contribution in [-0.4, -0.2) is 0 Å². The van der Waals surface area contributed by atoms with Gasteiger partial charge in [-0.25, -0.2) is 4.39 Å². The molecule has 2 aromatic carbocycles. The minimum Gasteiger partial charge on any atom is -0.204 e. The summed E-state index contributed by atoms with van der Waals surface area (Å²) in [5, 5.41) is 17.8. The Hall–Kier alpha value is -2.07. The molecular weight excluding hydrogens is 298 g/mol. The third kappa shape index (κ3) is 2.23. The summed E-state index contributed by atoms with van der Waals surface area (Å²) >= 11 is 12.1. The van der Waals surface area contributed by atoms with Crippen molar-refractivity contribution in [3.63, 3.8) is 0 Å². The van der Waals surface area contributed by atoms with Crippen molar-refractivity contribution >= 4 is 23.2 Å². The highest BCUT2D eigenvalue weighted by Crippen LogP contribution is 2.40. The Morgan fingerprint density at radius 3 is 1.80 bits per heavy atom.